The molecule has 0 spiro atoms. The number of benzene rings is 2. The van der Waals surface area contributed by atoms with E-state index < -0.39 is 4.87 Å². The van der Waals surface area contributed by atoms with Crippen LogP contribution in [0.1, 0.15) is 83.6 Å². The van der Waals surface area contributed by atoms with Crippen molar-refractivity contribution in [3.63, 3.8) is 0 Å². The van der Waals surface area contributed by atoms with E-state index in [9.17, 15) is 0 Å². The lowest BCUT2D eigenvalue weighted by Crippen LogP contribution is -2.39. The standard InChI is InChI=1S/C29H41N5S/c1-26(2,31)20-27(3,4)32-17-23-12-14-24(15-13-23)18-33-28(5,6)21-29(7,35)34-19-25-10-8-22(16-30)9-11-25/h8-19,30,35H,20-21,31H2,1-7H3/b30-16?,32-17+,33-18+,34-19+. The zero-order valence-electron chi connectivity index (χ0n) is 22.2. The Balaban J connectivity index is 2.00. The number of hydrogen-bond donors (Lipinski definition) is 3. The van der Waals surface area contributed by atoms with Gasteiger partial charge in [0, 0.05) is 36.8 Å². The first-order valence-corrected chi connectivity index (χ1v) is 12.4. The van der Waals surface area contributed by atoms with Crippen LogP contribution in [0, 0.1) is 5.41 Å². The first kappa shape index (κ1) is 28.7. The van der Waals surface area contributed by atoms with Crippen molar-refractivity contribution in [2.24, 2.45) is 20.7 Å². The monoisotopic (exact) mass is 491 g/mol. The van der Waals surface area contributed by atoms with Gasteiger partial charge in [0.1, 0.15) is 4.87 Å². The first-order valence-electron chi connectivity index (χ1n) is 12.0. The number of aliphatic imine (C=N–C) groups is 3. The quantitative estimate of drug-likeness (QED) is 0.248. The minimum atomic E-state index is -0.563. The van der Waals surface area contributed by atoms with Gasteiger partial charge in [-0.25, -0.2) is 0 Å². The van der Waals surface area contributed by atoms with Gasteiger partial charge >= 0.3 is 0 Å². The maximum atomic E-state index is 7.30. The Morgan fingerprint density at radius 1 is 0.657 bits per heavy atom. The van der Waals surface area contributed by atoms with Crippen LogP contribution in [0.4, 0.5) is 0 Å². The third-order valence-corrected chi connectivity index (χ3v) is 5.59. The van der Waals surface area contributed by atoms with Gasteiger partial charge in [-0.05, 0) is 77.1 Å². The molecule has 5 nitrogen and oxygen atoms in total. The maximum Gasteiger partial charge on any atom is 0.102 e. The van der Waals surface area contributed by atoms with Crippen LogP contribution in [0.2, 0.25) is 0 Å². The van der Waals surface area contributed by atoms with E-state index in [4.69, 9.17) is 33.8 Å². The van der Waals surface area contributed by atoms with Gasteiger partial charge in [0.25, 0.3) is 0 Å². The fraction of sp³-hybridized carbons (Fsp3) is 0.448. The van der Waals surface area contributed by atoms with Gasteiger partial charge in [-0.1, -0.05) is 48.5 Å². The molecule has 0 aliphatic rings. The summed E-state index contributed by atoms with van der Waals surface area (Å²) in [5, 5.41) is 7.30. The van der Waals surface area contributed by atoms with E-state index >= 15 is 0 Å². The Morgan fingerprint density at radius 2 is 1.00 bits per heavy atom. The van der Waals surface area contributed by atoms with E-state index in [-0.39, 0.29) is 16.6 Å². The fourth-order valence-electron chi connectivity index (χ4n) is 4.13. The predicted octanol–water partition coefficient (Wildman–Crippen LogP) is 6.36. The van der Waals surface area contributed by atoms with Gasteiger partial charge < -0.3 is 11.1 Å². The van der Waals surface area contributed by atoms with Gasteiger partial charge in [0.15, 0.2) is 0 Å². The summed E-state index contributed by atoms with van der Waals surface area (Å²) in [6.07, 6.45) is 8.46. The second-order valence-electron chi connectivity index (χ2n) is 11.4. The van der Waals surface area contributed by atoms with Crippen LogP contribution in [0.15, 0.2) is 63.5 Å². The predicted molar refractivity (Wildman–Crippen MR) is 157 cm³/mol. The molecule has 2 rings (SSSR count). The molecular weight excluding hydrogens is 450 g/mol. The Hall–Kier alpha value is -2.57. The second kappa shape index (κ2) is 11.4. The van der Waals surface area contributed by atoms with Crippen LogP contribution in [0.5, 0.6) is 0 Å². The van der Waals surface area contributed by atoms with Crippen LogP contribution >= 0.6 is 12.6 Å². The third kappa shape index (κ3) is 11.1. The molecule has 0 aliphatic carbocycles. The number of nitrogens with one attached hydrogen (secondary N) is 1. The average molecular weight is 492 g/mol. The Morgan fingerprint density at radius 3 is 1.37 bits per heavy atom. The summed E-state index contributed by atoms with van der Waals surface area (Å²) in [5.74, 6) is 0. The van der Waals surface area contributed by atoms with Gasteiger partial charge in [0.05, 0.1) is 11.1 Å². The average Bonchev–Trinajstić information content (AvgIpc) is 2.74. The summed E-state index contributed by atoms with van der Waals surface area (Å²) in [6, 6.07) is 15.9. The summed E-state index contributed by atoms with van der Waals surface area (Å²) in [4.78, 5) is 13.7. The molecule has 0 radical (unpaired) electrons. The van der Waals surface area contributed by atoms with Crippen molar-refractivity contribution in [1.29, 1.82) is 5.41 Å². The van der Waals surface area contributed by atoms with Crippen LogP contribution in [-0.2, 0) is 0 Å². The summed E-state index contributed by atoms with van der Waals surface area (Å²) in [5.41, 5.74) is 9.29. The van der Waals surface area contributed by atoms with Gasteiger partial charge in [-0.3, -0.25) is 15.0 Å². The van der Waals surface area contributed by atoms with Crippen molar-refractivity contribution in [3.05, 3.63) is 70.8 Å². The molecule has 188 valence electrons. The van der Waals surface area contributed by atoms with E-state index in [1.165, 1.54) is 6.21 Å². The van der Waals surface area contributed by atoms with E-state index in [0.29, 0.717) is 6.42 Å². The molecule has 1 atom stereocenters. The van der Waals surface area contributed by atoms with Crippen LogP contribution in [-0.4, -0.2) is 46.3 Å². The third-order valence-electron chi connectivity index (χ3n) is 5.31. The normalized spacial score (nSPS) is 15.2. The van der Waals surface area contributed by atoms with Crippen LogP contribution < -0.4 is 5.73 Å². The number of rotatable bonds is 11. The molecule has 1 unspecified atom stereocenters. The molecular formula is C29H41N5S. The molecule has 2 aromatic rings. The van der Waals surface area contributed by atoms with Gasteiger partial charge in [0.2, 0.25) is 0 Å². The zero-order chi connectivity index (χ0) is 26.3. The van der Waals surface area contributed by atoms with E-state index in [0.717, 1.165) is 28.7 Å². The largest absolute Gasteiger partial charge is 0.325 e. The summed E-state index contributed by atoms with van der Waals surface area (Å²) in [7, 11) is 0. The van der Waals surface area contributed by atoms with Crippen molar-refractivity contribution in [1.82, 2.24) is 0 Å². The summed E-state index contributed by atoms with van der Waals surface area (Å²) in [6.45, 7) is 14.4. The molecule has 0 aliphatic heterocycles. The Labute approximate surface area is 217 Å². The molecule has 0 fully saturated rings. The number of nitrogens with zero attached hydrogens (tertiary/aromatic N) is 3. The fourth-order valence-corrected chi connectivity index (χ4v) is 4.57. The topological polar surface area (TPSA) is 86.9 Å². The minimum absolute atomic E-state index is 0.214. The molecule has 3 N–H and O–H groups in total. The Bertz CT molecular complexity index is 1050. The van der Waals surface area contributed by atoms with Crippen molar-refractivity contribution in [3.8, 4) is 0 Å². The van der Waals surface area contributed by atoms with Crippen LogP contribution in [0.3, 0.4) is 0 Å². The first-order chi connectivity index (χ1) is 16.1. The molecule has 35 heavy (non-hydrogen) atoms. The Kier molecular flexibility index (Phi) is 9.37. The lowest BCUT2D eigenvalue weighted by molar-refractivity contribution is 0.355. The highest BCUT2D eigenvalue weighted by Gasteiger charge is 2.28. The summed E-state index contributed by atoms with van der Waals surface area (Å²) >= 11 is 4.78. The van der Waals surface area contributed by atoms with Crippen molar-refractivity contribution in [2.45, 2.75) is 82.8 Å². The molecule has 0 bridgehead atoms. The van der Waals surface area contributed by atoms with Crippen molar-refractivity contribution >= 4 is 37.5 Å². The lowest BCUT2D eigenvalue weighted by Gasteiger charge is -2.29. The summed E-state index contributed by atoms with van der Waals surface area (Å²) < 4.78 is 0. The van der Waals surface area contributed by atoms with E-state index in [2.05, 4.69) is 57.0 Å². The lowest BCUT2D eigenvalue weighted by atomic mass is 9.88. The highest BCUT2D eigenvalue weighted by Crippen LogP contribution is 2.30. The maximum absolute atomic E-state index is 7.30. The zero-order valence-corrected chi connectivity index (χ0v) is 23.1. The van der Waals surface area contributed by atoms with Gasteiger partial charge in [-0.2, -0.15) is 0 Å². The number of hydrogen-bond acceptors (Lipinski definition) is 6. The molecule has 0 aromatic heterocycles. The van der Waals surface area contributed by atoms with Crippen molar-refractivity contribution < 1.29 is 0 Å². The molecule has 2 aromatic carbocycles. The molecule has 0 saturated carbocycles. The number of nitrogens with two attached hydrogens (primary N) is 1. The van der Waals surface area contributed by atoms with Crippen molar-refractivity contribution in [2.75, 3.05) is 0 Å². The molecule has 0 heterocycles. The van der Waals surface area contributed by atoms with Crippen LogP contribution in [0.25, 0.3) is 0 Å². The minimum Gasteiger partial charge on any atom is -0.325 e. The second-order valence-corrected chi connectivity index (χ2v) is 12.4. The molecule has 0 saturated heterocycles. The molecule has 0 amide bonds. The highest BCUT2D eigenvalue weighted by molar-refractivity contribution is 7.81. The highest BCUT2D eigenvalue weighted by atomic mass is 32.1. The van der Waals surface area contributed by atoms with Gasteiger partial charge in [-0.15, -0.1) is 12.6 Å². The smallest absolute Gasteiger partial charge is 0.102 e. The van der Waals surface area contributed by atoms with E-state index in [1.54, 1.807) is 0 Å². The van der Waals surface area contributed by atoms with E-state index in [1.807, 2.05) is 63.7 Å². The molecule has 6 heteroatoms. The SMILES string of the molecule is CC(C)(N)CC(C)(C)/N=C/c1ccc(/C=N/C(C)(C)CC(C)(S)/N=C/c2ccc(C=N)cc2)cc1. The number of thiol groups is 1.